The van der Waals surface area contributed by atoms with Crippen LogP contribution in [0.4, 0.5) is 11.4 Å². The molecule has 1 N–H and O–H groups in total. The van der Waals surface area contributed by atoms with Gasteiger partial charge in [-0.2, -0.15) is 0 Å². The van der Waals surface area contributed by atoms with Gasteiger partial charge >= 0.3 is 0 Å². The van der Waals surface area contributed by atoms with E-state index < -0.39 is 10.8 Å². The molecule has 3 rings (SSSR count). The Hall–Kier alpha value is -3.33. The summed E-state index contributed by atoms with van der Waals surface area (Å²) in [6.07, 6.45) is 4.51. The lowest BCUT2D eigenvalue weighted by molar-refractivity contribution is -0.385. The van der Waals surface area contributed by atoms with Crippen molar-refractivity contribution in [1.82, 2.24) is 9.97 Å². The maximum atomic E-state index is 12.3. The van der Waals surface area contributed by atoms with Crippen LogP contribution >= 0.6 is 11.3 Å². The highest BCUT2D eigenvalue weighted by Crippen LogP contribution is 2.29. The Bertz CT molecular complexity index is 927. The number of benzene rings is 1. The van der Waals surface area contributed by atoms with Crippen molar-refractivity contribution in [2.75, 3.05) is 5.32 Å². The normalized spacial score (nSPS) is 10.3. The molecule has 0 aliphatic rings. The highest BCUT2D eigenvalue weighted by Gasteiger charge is 2.19. The summed E-state index contributed by atoms with van der Waals surface area (Å²) in [5.74, 6) is 0.389. The number of carbonyl (C=O) groups is 1. The van der Waals surface area contributed by atoms with Crippen LogP contribution in [0.25, 0.3) is 0 Å². The molecule has 126 valence electrons. The van der Waals surface area contributed by atoms with Gasteiger partial charge < -0.3 is 10.1 Å². The first kappa shape index (κ1) is 16.5. The van der Waals surface area contributed by atoms with Crippen LogP contribution in [0, 0.1) is 17.0 Å². The molecule has 0 spiro atoms. The van der Waals surface area contributed by atoms with Gasteiger partial charge in [0, 0.05) is 30.2 Å². The van der Waals surface area contributed by atoms with Crippen LogP contribution in [0.5, 0.6) is 11.6 Å². The maximum Gasteiger partial charge on any atom is 0.283 e. The number of aromatic nitrogens is 2. The molecule has 2 heterocycles. The number of hydrogen-bond donors (Lipinski definition) is 1. The lowest BCUT2D eigenvalue weighted by Crippen LogP contribution is -2.10. The van der Waals surface area contributed by atoms with E-state index in [1.54, 1.807) is 31.2 Å². The Labute approximate surface area is 146 Å². The highest BCUT2D eigenvalue weighted by molar-refractivity contribution is 7.14. The topological polar surface area (TPSA) is 107 Å². The number of nitrogens with one attached hydrogen (secondary N) is 1. The van der Waals surface area contributed by atoms with Crippen molar-refractivity contribution >= 4 is 28.6 Å². The van der Waals surface area contributed by atoms with E-state index in [9.17, 15) is 14.9 Å². The standard InChI is InChI=1S/C16H12N4O4S/c1-10-13(20(22)23)8-14(25-10)16(21)19-11-3-2-4-12(7-11)24-15-9-17-5-6-18-15/h2-9H,1H3,(H,19,21). The molecule has 1 aromatic carbocycles. The third-order valence-corrected chi connectivity index (χ3v) is 4.20. The van der Waals surface area contributed by atoms with Crippen molar-refractivity contribution in [3.05, 3.63) is 68.8 Å². The van der Waals surface area contributed by atoms with Crippen molar-refractivity contribution in [2.24, 2.45) is 0 Å². The molecule has 8 nitrogen and oxygen atoms in total. The number of hydrogen-bond acceptors (Lipinski definition) is 7. The quantitative estimate of drug-likeness (QED) is 0.550. The third-order valence-electron chi connectivity index (χ3n) is 3.17. The molecular formula is C16H12N4O4S. The molecule has 3 aromatic rings. The van der Waals surface area contributed by atoms with E-state index >= 15 is 0 Å². The second-order valence-electron chi connectivity index (χ2n) is 4.94. The Balaban J connectivity index is 1.74. The summed E-state index contributed by atoms with van der Waals surface area (Å²) in [4.78, 5) is 31.3. The SMILES string of the molecule is Cc1sc(C(=O)Nc2cccc(Oc3cnccn3)c2)cc1[N+](=O)[O-]. The first-order valence-corrected chi connectivity index (χ1v) is 7.94. The number of anilines is 1. The second-order valence-corrected chi connectivity index (χ2v) is 6.19. The van der Waals surface area contributed by atoms with Gasteiger partial charge in [-0.1, -0.05) is 6.07 Å². The lowest BCUT2D eigenvalue weighted by atomic mass is 10.3. The van der Waals surface area contributed by atoms with Gasteiger partial charge in [0.15, 0.2) is 0 Å². The highest BCUT2D eigenvalue weighted by atomic mass is 32.1. The monoisotopic (exact) mass is 356 g/mol. The van der Waals surface area contributed by atoms with Crippen LogP contribution < -0.4 is 10.1 Å². The summed E-state index contributed by atoms with van der Waals surface area (Å²) in [7, 11) is 0. The molecule has 0 aliphatic carbocycles. The Morgan fingerprint density at radius 1 is 1.32 bits per heavy atom. The van der Waals surface area contributed by atoms with Crippen LogP contribution in [0.3, 0.4) is 0 Å². The van der Waals surface area contributed by atoms with E-state index in [2.05, 4.69) is 15.3 Å². The largest absolute Gasteiger partial charge is 0.437 e. The third kappa shape index (κ3) is 3.96. The molecule has 9 heteroatoms. The number of amides is 1. The zero-order chi connectivity index (χ0) is 17.8. The number of nitrogens with zero attached hydrogens (tertiary/aromatic N) is 3. The molecule has 0 atom stereocenters. The first-order valence-electron chi connectivity index (χ1n) is 7.13. The number of ether oxygens (including phenoxy) is 1. The zero-order valence-corrected chi connectivity index (χ0v) is 13.8. The number of thiophene rings is 1. The van der Waals surface area contributed by atoms with Crippen molar-refractivity contribution in [3.8, 4) is 11.6 Å². The predicted octanol–water partition coefficient (Wildman–Crippen LogP) is 3.80. The fourth-order valence-electron chi connectivity index (χ4n) is 2.05. The van der Waals surface area contributed by atoms with E-state index in [0.717, 1.165) is 11.3 Å². The van der Waals surface area contributed by atoms with E-state index in [1.165, 1.54) is 24.7 Å². The van der Waals surface area contributed by atoms with Crippen molar-refractivity contribution in [1.29, 1.82) is 0 Å². The van der Waals surface area contributed by atoms with Gasteiger partial charge in [0.2, 0.25) is 5.88 Å². The summed E-state index contributed by atoms with van der Waals surface area (Å²) in [5.41, 5.74) is 0.440. The Kier molecular flexibility index (Phi) is 4.66. The first-order chi connectivity index (χ1) is 12.0. The van der Waals surface area contributed by atoms with Crippen molar-refractivity contribution in [2.45, 2.75) is 6.92 Å². The van der Waals surface area contributed by atoms with Crippen LogP contribution in [0.1, 0.15) is 14.5 Å². The van der Waals surface area contributed by atoms with Gasteiger partial charge in [0.05, 0.1) is 20.9 Å². The number of carbonyl (C=O) groups excluding carboxylic acids is 1. The van der Waals surface area contributed by atoms with Gasteiger partial charge in [-0.3, -0.25) is 19.9 Å². The number of nitro groups is 1. The van der Waals surface area contributed by atoms with Gasteiger partial charge in [0.1, 0.15) is 5.75 Å². The van der Waals surface area contributed by atoms with E-state index in [0.29, 0.717) is 22.2 Å². The Morgan fingerprint density at radius 2 is 2.16 bits per heavy atom. The van der Waals surface area contributed by atoms with E-state index in [-0.39, 0.29) is 10.6 Å². The molecule has 1 amide bonds. The zero-order valence-electron chi connectivity index (χ0n) is 13.0. The van der Waals surface area contributed by atoms with Crippen LogP contribution in [-0.4, -0.2) is 20.8 Å². The molecular weight excluding hydrogens is 344 g/mol. The minimum atomic E-state index is -0.502. The molecule has 0 saturated heterocycles. The van der Waals surface area contributed by atoms with Gasteiger partial charge in [0.25, 0.3) is 11.6 Å². The summed E-state index contributed by atoms with van der Waals surface area (Å²) in [5, 5.41) is 13.6. The van der Waals surface area contributed by atoms with Gasteiger partial charge in [-0.05, 0) is 19.1 Å². The van der Waals surface area contributed by atoms with E-state index in [1.807, 2.05) is 0 Å². The van der Waals surface area contributed by atoms with E-state index in [4.69, 9.17) is 4.74 Å². The average molecular weight is 356 g/mol. The molecule has 0 bridgehead atoms. The number of aryl methyl sites for hydroxylation is 1. The van der Waals surface area contributed by atoms with Crippen LogP contribution in [0.2, 0.25) is 0 Å². The summed E-state index contributed by atoms with van der Waals surface area (Å²) < 4.78 is 5.55. The molecule has 2 aromatic heterocycles. The Morgan fingerprint density at radius 3 is 2.84 bits per heavy atom. The lowest BCUT2D eigenvalue weighted by Gasteiger charge is -2.07. The summed E-state index contributed by atoms with van der Waals surface area (Å²) >= 11 is 1.07. The fourth-order valence-corrected chi connectivity index (χ4v) is 2.94. The minimum Gasteiger partial charge on any atom is -0.437 e. The fraction of sp³-hybridized carbons (Fsp3) is 0.0625. The smallest absolute Gasteiger partial charge is 0.283 e. The van der Waals surface area contributed by atoms with Gasteiger partial charge in [-0.15, -0.1) is 11.3 Å². The second kappa shape index (κ2) is 7.05. The van der Waals surface area contributed by atoms with Crippen LogP contribution in [-0.2, 0) is 0 Å². The summed E-state index contributed by atoms with van der Waals surface area (Å²) in [6, 6.07) is 8.01. The molecule has 0 saturated carbocycles. The molecule has 0 radical (unpaired) electrons. The molecule has 25 heavy (non-hydrogen) atoms. The van der Waals surface area contributed by atoms with Gasteiger partial charge in [-0.25, -0.2) is 4.98 Å². The molecule has 0 aliphatic heterocycles. The molecule has 0 fully saturated rings. The number of rotatable bonds is 5. The predicted molar refractivity (Wildman–Crippen MR) is 92.2 cm³/mol. The minimum absolute atomic E-state index is 0.0603. The summed E-state index contributed by atoms with van der Waals surface area (Å²) in [6.45, 7) is 1.61. The van der Waals surface area contributed by atoms with Crippen molar-refractivity contribution in [3.63, 3.8) is 0 Å². The van der Waals surface area contributed by atoms with Crippen LogP contribution in [0.15, 0.2) is 48.9 Å². The maximum absolute atomic E-state index is 12.3. The van der Waals surface area contributed by atoms with Crippen molar-refractivity contribution < 1.29 is 14.5 Å². The average Bonchev–Trinajstić information content (AvgIpc) is 2.98. The molecule has 0 unspecified atom stereocenters.